The van der Waals surface area contributed by atoms with Gasteiger partial charge in [0.2, 0.25) is 0 Å². The van der Waals surface area contributed by atoms with Gasteiger partial charge in [-0.3, -0.25) is 4.79 Å². The Bertz CT molecular complexity index is 809. The van der Waals surface area contributed by atoms with E-state index in [0.29, 0.717) is 19.3 Å². The van der Waals surface area contributed by atoms with E-state index in [4.69, 9.17) is 4.74 Å². The van der Waals surface area contributed by atoms with Crippen LogP contribution in [0, 0.1) is 0 Å². The first kappa shape index (κ1) is 17.9. The lowest BCUT2D eigenvalue weighted by atomic mass is 9.88. The molecular weight excluding hydrogens is 328 g/mol. The second kappa shape index (κ2) is 8.00. The zero-order chi connectivity index (χ0) is 18.5. The van der Waals surface area contributed by atoms with Gasteiger partial charge in [-0.05, 0) is 30.4 Å². The lowest BCUT2D eigenvalue weighted by Gasteiger charge is -2.13. The maximum absolute atomic E-state index is 12.9. The van der Waals surface area contributed by atoms with Crippen LogP contribution in [0.15, 0.2) is 72.0 Å². The average molecular weight is 350 g/mol. The minimum Gasteiger partial charge on any atom is -0.507 e. The third kappa shape index (κ3) is 3.69. The van der Waals surface area contributed by atoms with Crippen molar-refractivity contribution in [1.29, 1.82) is 0 Å². The van der Waals surface area contributed by atoms with Crippen LogP contribution in [0.25, 0.3) is 0 Å². The molecule has 134 valence electrons. The normalized spacial score (nSPS) is 17.9. The summed E-state index contributed by atoms with van der Waals surface area (Å²) in [5.41, 5.74) is 1.73. The van der Waals surface area contributed by atoms with Crippen molar-refractivity contribution in [1.82, 2.24) is 0 Å². The number of aliphatic hydroxyl groups excluding tert-OH is 1. The van der Waals surface area contributed by atoms with E-state index >= 15 is 0 Å². The van der Waals surface area contributed by atoms with Crippen LogP contribution in [-0.2, 0) is 20.7 Å². The average Bonchev–Trinajstić information content (AvgIpc) is 2.95. The lowest BCUT2D eigenvalue weighted by Crippen LogP contribution is -2.19. The summed E-state index contributed by atoms with van der Waals surface area (Å²) < 4.78 is 5.28. The molecule has 0 aromatic heterocycles. The summed E-state index contributed by atoms with van der Waals surface area (Å²) in [6.45, 7) is 1.89. The smallest absolute Gasteiger partial charge is 0.346 e. The standard InChI is InChI=1S/C22H22O4/c1-2-17(16-11-7-4-8-12-16)20(23)19-21(24)18(26-22(19)25)14-13-15-9-5-3-6-10-15/h3-12,17-18,24H,2,13-14H2,1H3/t17-,18+/m1/s1. The summed E-state index contributed by atoms with van der Waals surface area (Å²) >= 11 is 0. The predicted molar refractivity (Wildman–Crippen MR) is 98.8 cm³/mol. The molecule has 0 amide bonds. The third-order valence-corrected chi connectivity index (χ3v) is 4.73. The van der Waals surface area contributed by atoms with Crippen LogP contribution in [0.3, 0.4) is 0 Å². The zero-order valence-electron chi connectivity index (χ0n) is 14.7. The van der Waals surface area contributed by atoms with Crippen molar-refractivity contribution in [2.24, 2.45) is 0 Å². The molecule has 0 saturated heterocycles. The number of carbonyl (C=O) groups is 2. The van der Waals surface area contributed by atoms with Crippen molar-refractivity contribution >= 4 is 11.8 Å². The van der Waals surface area contributed by atoms with E-state index in [1.54, 1.807) is 0 Å². The van der Waals surface area contributed by atoms with Crippen LogP contribution in [-0.4, -0.2) is 23.0 Å². The SMILES string of the molecule is CC[C@@H](C(=O)C1=C(O)[C@H](CCc2ccccc2)OC1=O)c1ccccc1. The molecule has 1 heterocycles. The molecule has 1 aliphatic rings. The number of esters is 1. The van der Waals surface area contributed by atoms with E-state index in [-0.39, 0.29) is 17.1 Å². The number of rotatable bonds is 7. The highest BCUT2D eigenvalue weighted by atomic mass is 16.6. The molecule has 0 aliphatic carbocycles. The molecule has 26 heavy (non-hydrogen) atoms. The number of hydrogen-bond acceptors (Lipinski definition) is 4. The van der Waals surface area contributed by atoms with Gasteiger partial charge < -0.3 is 9.84 Å². The highest BCUT2D eigenvalue weighted by Crippen LogP contribution is 2.31. The Kier molecular flexibility index (Phi) is 5.52. The molecule has 2 aromatic rings. The molecule has 1 aliphatic heterocycles. The van der Waals surface area contributed by atoms with Gasteiger partial charge in [-0.2, -0.15) is 0 Å². The molecule has 2 aromatic carbocycles. The van der Waals surface area contributed by atoms with Gasteiger partial charge in [-0.1, -0.05) is 67.6 Å². The summed E-state index contributed by atoms with van der Waals surface area (Å²) in [5, 5.41) is 10.5. The van der Waals surface area contributed by atoms with Gasteiger partial charge in [-0.25, -0.2) is 4.79 Å². The Balaban J connectivity index is 1.78. The third-order valence-electron chi connectivity index (χ3n) is 4.73. The van der Waals surface area contributed by atoms with Gasteiger partial charge in [0, 0.05) is 5.92 Å². The van der Waals surface area contributed by atoms with Crippen LogP contribution in [0.5, 0.6) is 0 Å². The maximum atomic E-state index is 12.9. The molecule has 0 fully saturated rings. The summed E-state index contributed by atoms with van der Waals surface area (Å²) in [7, 11) is 0. The van der Waals surface area contributed by atoms with Gasteiger partial charge in [0.15, 0.2) is 17.6 Å². The van der Waals surface area contributed by atoms with Gasteiger partial charge in [-0.15, -0.1) is 0 Å². The van der Waals surface area contributed by atoms with Crippen LogP contribution in [0.4, 0.5) is 0 Å². The lowest BCUT2D eigenvalue weighted by molar-refractivity contribution is -0.141. The highest BCUT2D eigenvalue weighted by Gasteiger charge is 2.40. The number of Topliss-reactive ketones (excluding diaryl/α,β-unsaturated/α-hetero) is 1. The van der Waals surface area contributed by atoms with E-state index in [0.717, 1.165) is 11.1 Å². The molecular formula is C22H22O4. The molecule has 0 bridgehead atoms. The molecule has 0 saturated carbocycles. The fourth-order valence-electron chi connectivity index (χ4n) is 3.31. The van der Waals surface area contributed by atoms with E-state index in [1.165, 1.54) is 0 Å². The zero-order valence-corrected chi connectivity index (χ0v) is 14.7. The Labute approximate surface area is 153 Å². The predicted octanol–water partition coefficient (Wildman–Crippen LogP) is 4.12. The number of hydrogen-bond donors (Lipinski definition) is 1. The molecule has 3 rings (SSSR count). The molecule has 4 nitrogen and oxygen atoms in total. The van der Waals surface area contributed by atoms with E-state index in [2.05, 4.69) is 0 Å². The van der Waals surface area contributed by atoms with E-state index in [1.807, 2.05) is 67.6 Å². The summed E-state index contributed by atoms with van der Waals surface area (Å²) in [6.07, 6.45) is 0.886. The highest BCUT2D eigenvalue weighted by molar-refractivity contribution is 6.21. The molecule has 0 radical (unpaired) electrons. The topological polar surface area (TPSA) is 63.6 Å². The van der Waals surface area contributed by atoms with Crippen LogP contribution < -0.4 is 0 Å². The number of carbonyl (C=O) groups excluding carboxylic acids is 2. The second-order valence-corrected chi connectivity index (χ2v) is 6.41. The Morgan fingerprint density at radius 2 is 1.69 bits per heavy atom. The summed E-state index contributed by atoms with van der Waals surface area (Å²) in [6, 6.07) is 19.1. The molecule has 4 heteroatoms. The van der Waals surface area contributed by atoms with Crippen LogP contribution >= 0.6 is 0 Å². The molecule has 1 N–H and O–H groups in total. The van der Waals surface area contributed by atoms with Crippen molar-refractivity contribution in [3.63, 3.8) is 0 Å². The number of aliphatic hydroxyl groups is 1. The number of aryl methyl sites for hydroxylation is 1. The number of benzene rings is 2. The minimum atomic E-state index is -0.755. The van der Waals surface area contributed by atoms with Crippen molar-refractivity contribution in [2.75, 3.05) is 0 Å². The van der Waals surface area contributed by atoms with Gasteiger partial charge >= 0.3 is 5.97 Å². The van der Waals surface area contributed by atoms with Gasteiger partial charge in [0.1, 0.15) is 5.57 Å². The van der Waals surface area contributed by atoms with E-state index < -0.39 is 18.0 Å². The number of ketones is 1. The van der Waals surface area contributed by atoms with Crippen molar-refractivity contribution in [3.05, 3.63) is 83.1 Å². The first-order valence-corrected chi connectivity index (χ1v) is 8.89. The van der Waals surface area contributed by atoms with Gasteiger partial charge in [0.05, 0.1) is 0 Å². The quantitative estimate of drug-likeness (QED) is 0.603. The Hall–Kier alpha value is -2.88. The molecule has 0 unspecified atom stereocenters. The van der Waals surface area contributed by atoms with Crippen LogP contribution in [0.2, 0.25) is 0 Å². The fourth-order valence-corrected chi connectivity index (χ4v) is 3.31. The van der Waals surface area contributed by atoms with Crippen molar-refractivity contribution in [3.8, 4) is 0 Å². The fraction of sp³-hybridized carbons (Fsp3) is 0.273. The number of cyclic esters (lactones) is 1. The summed E-state index contributed by atoms with van der Waals surface area (Å²) in [5.74, 6) is -1.79. The van der Waals surface area contributed by atoms with Crippen molar-refractivity contribution < 1.29 is 19.4 Å². The molecule has 0 spiro atoms. The first-order chi connectivity index (χ1) is 12.6. The van der Waals surface area contributed by atoms with E-state index in [9.17, 15) is 14.7 Å². The van der Waals surface area contributed by atoms with Crippen LogP contribution in [0.1, 0.15) is 36.8 Å². The number of ether oxygens (including phenoxy) is 1. The first-order valence-electron chi connectivity index (χ1n) is 8.89. The second-order valence-electron chi connectivity index (χ2n) is 6.41. The minimum absolute atomic E-state index is 0.196. The summed E-state index contributed by atoms with van der Waals surface area (Å²) in [4.78, 5) is 25.1. The van der Waals surface area contributed by atoms with Crippen molar-refractivity contribution in [2.45, 2.75) is 38.2 Å². The monoisotopic (exact) mass is 350 g/mol. The Morgan fingerprint density at radius 3 is 2.31 bits per heavy atom. The maximum Gasteiger partial charge on any atom is 0.346 e. The Morgan fingerprint density at radius 1 is 1.08 bits per heavy atom. The molecule has 2 atom stereocenters. The largest absolute Gasteiger partial charge is 0.507 e. The van der Waals surface area contributed by atoms with Gasteiger partial charge in [0.25, 0.3) is 0 Å².